The van der Waals surface area contributed by atoms with Crippen LogP contribution in [0.3, 0.4) is 0 Å². The van der Waals surface area contributed by atoms with Crippen LogP contribution in [0.4, 0.5) is 11.6 Å². The number of aliphatic hydroxyl groups is 1. The van der Waals surface area contributed by atoms with Gasteiger partial charge in [-0.15, -0.1) is 0 Å². The second-order valence-corrected chi connectivity index (χ2v) is 9.57. The van der Waals surface area contributed by atoms with E-state index >= 15 is 0 Å². The summed E-state index contributed by atoms with van der Waals surface area (Å²) in [5.74, 6) is 1.25. The number of pyridine rings is 1. The normalized spacial score (nSPS) is 20.0. The fraction of sp³-hybridized carbons (Fsp3) is 0.444. The smallest absolute Gasteiger partial charge is 0.227 e. The second kappa shape index (κ2) is 10.3. The summed E-state index contributed by atoms with van der Waals surface area (Å²) in [5, 5.41) is 13.2. The number of hydrogen-bond acceptors (Lipinski definition) is 8. The van der Waals surface area contributed by atoms with Crippen molar-refractivity contribution in [1.29, 1.82) is 0 Å². The number of methoxy groups -OCH3 is 1. The Morgan fingerprint density at radius 1 is 1.17 bits per heavy atom. The van der Waals surface area contributed by atoms with Gasteiger partial charge in [0.15, 0.2) is 0 Å². The molecule has 0 saturated carbocycles. The third-order valence-electron chi connectivity index (χ3n) is 7.17. The Labute approximate surface area is 206 Å². The van der Waals surface area contributed by atoms with Crippen LogP contribution in [0.15, 0.2) is 42.7 Å². The number of aliphatic hydroxyl groups excluding tert-OH is 1. The minimum atomic E-state index is -0.247. The van der Waals surface area contributed by atoms with E-state index in [1.54, 1.807) is 13.3 Å². The average Bonchev–Trinajstić information content (AvgIpc) is 3.25. The van der Waals surface area contributed by atoms with Crippen LogP contribution in [-0.2, 0) is 23.0 Å². The lowest BCUT2D eigenvalue weighted by Gasteiger charge is -2.26. The zero-order valence-electron chi connectivity index (χ0n) is 20.5. The van der Waals surface area contributed by atoms with Crippen molar-refractivity contribution in [2.75, 3.05) is 51.9 Å². The standard InChI is InChI=1S/C27H33N5O3/c1-27(18-33)8-5-23-21(27)16-20(17-29-23)22-6-9-28-26(30-22)31-24-4-3-19(15-25(24)34-2)7-10-32-11-13-35-14-12-32/h3-4,6,9,15-17,33H,5,7-8,10-14,18H2,1-2H3,(H,28,30,31). The molecule has 0 amide bonds. The summed E-state index contributed by atoms with van der Waals surface area (Å²) < 4.78 is 11.1. The van der Waals surface area contributed by atoms with Crippen LogP contribution in [0, 0.1) is 0 Å². The molecule has 3 aromatic rings. The number of hydrogen-bond donors (Lipinski definition) is 2. The van der Waals surface area contributed by atoms with E-state index in [1.807, 2.05) is 18.3 Å². The molecule has 1 atom stereocenters. The van der Waals surface area contributed by atoms with Gasteiger partial charge in [-0.3, -0.25) is 9.88 Å². The van der Waals surface area contributed by atoms with Gasteiger partial charge in [-0.2, -0.15) is 0 Å². The van der Waals surface area contributed by atoms with Crippen molar-refractivity contribution in [2.24, 2.45) is 0 Å². The molecule has 1 fully saturated rings. The van der Waals surface area contributed by atoms with Crippen molar-refractivity contribution < 1.29 is 14.6 Å². The Hall–Kier alpha value is -3.07. The predicted octanol–water partition coefficient (Wildman–Crippen LogP) is 3.36. The summed E-state index contributed by atoms with van der Waals surface area (Å²) in [5.41, 5.74) is 5.68. The Morgan fingerprint density at radius 3 is 2.83 bits per heavy atom. The zero-order chi connectivity index (χ0) is 24.3. The number of nitrogens with zero attached hydrogens (tertiary/aromatic N) is 4. The summed E-state index contributed by atoms with van der Waals surface area (Å²) in [6.07, 6.45) is 6.37. The van der Waals surface area contributed by atoms with Crippen molar-refractivity contribution in [3.05, 3.63) is 59.5 Å². The SMILES string of the molecule is COc1cc(CCN2CCOCC2)ccc1Nc1nccc(-c2cnc3c(c2)C(C)(CO)CC3)n1. The van der Waals surface area contributed by atoms with E-state index in [9.17, 15) is 5.11 Å². The number of benzene rings is 1. The van der Waals surface area contributed by atoms with Crippen molar-refractivity contribution in [2.45, 2.75) is 31.6 Å². The highest BCUT2D eigenvalue weighted by Gasteiger charge is 2.35. The van der Waals surface area contributed by atoms with E-state index in [0.717, 1.165) is 86.1 Å². The van der Waals surface area contributed by atoms with E-state index < -0.39 is 0 Å². The van der Waals surface area contributed by atoms with Crippen LogP contribution >= 0.6 is 0 Å². The van der Waals surface area contributed by atoms with Gasteiger partial charge < -0.3 is 19.9 Å². The summed E-state index contributed by atoms with van der Waals surface area (Å²) in [7, 11) is 1.68. The number of aryl methyl sites for hydroxylation is 1. The van der Waals surface area contributed by atoms with Crippen molar-refractivity contribution in [3.8, 4) is 17.0 Å². The van der Waals surface area contributed by atoms with E-state index in [0.29, 0.717) is 5.95 Å². The van der Waals surface area contributed by atoms with Crippen molar-refractivity contribution >= 4 is 11.6 Å². The minimum Gasteiger partial charge on any atom is -0.495 e. The molecule has 0 spiro atoms. The first-order valence-electron chi connectivity index (χ1n) is 12.3. The Balaban J connectivity index is 1.32. The molecule has 1 aliphatic heterocycles. The number of anilines is 2. The maximum absolute atomic E-state index is 9.93. The summed E-state index contributed by atoms with van der Waals surface area (Å²) in [4.78, 5) is 16.2. The lowest BCUT2D eigenvalue weighted by atomic mass is 9.85. The highest BCUT2D eigenvalue weighted by atomic mass is 16.5. The molecule has 35 heavy (non-hydrogen) atoms. The molecule has 2 aliphatic rings. The molecule has 8 nitrogen and oxygen atoms in total. The maximum Gasteiger partial charge on any atom is 0.227 e. The first kappa shape index (κ1) is 23.7. The molecule has 2 N–H and O–H groups in total. The van der Waals surface area contributed by atoms with Crippen LogP contribution in [0.2, 0.25) is 0 Å². The number of ether oxygens (including phenoxy) is 2. The van der Waals surface area contributed by atoms with Crippen LogP contribution in [0.25, 0.3) is 11.3 Å². The highest BCUT2D eigenvalue weighted by molar-refractivity contribution is 5.66. The molecule has 1 aliphatic carbocycles. The molecule has 2 aromatic heterocycles. The topological polar surface area (TPSA) is 92.6 Å². The first-order chi connectivity index (χ1) is 17.1. The predicted molar refractivity (Wildman–Crippen MR) is 135 cm³/mol. The Kier molecular flexibility index (Phi) is 6.95. The number of nitrogens with one attached hydrogen (secondary N) is 1. The lowest BCUT2D eigenvalue weighted by Crippen LogP contribution is -2.37. The van der Waals surface area contributed by atoms with Gasteiger partial charge >= 0.3 is 0 Å². The molecule has 1 saturated heterocycles. The highest BCUT2D eigenvalue weighted by Crippen LogP contribution is 2.39. The van der Waals surface area contributed by atoms with Gasteiger partial charge in [-0.25, -0.2) is 9.97 Å². The van der Waals surface area contributed by atoms with Gasteiger partial charge in [0.1, 0.15) is 5.75 Å². The fourth-order valence-corrected chi connectivity index (χ4v) is 4.85. The first-order valence-corrected chi connectivity index (χ1v) is 12.3. The van der Waals surface area contributed by atoms with E-state index in [4.69, 9.17) is 14.5 Å². The molecule has 1 unspecified atom stereocenters. The Bertz CT molecular complexity index is 1180. The van der Waals surface area contributed by atoms with Gasteiger partial charge in [-0.05, 0) is 54.7 Å². The third-order valence-corrected chi connectivity index (χ3v) is 7.17. The average molecular weight is 476 g/mol. The quantitative estimate of drug-likeness (QED) is 0.512. The molecule has 5 rings (SSSR count). The third kappa shape index (κ3) is 5.15. The Morgan fingerprint density at radius 2 is 2.03 bits per heavy atom. The molecular formula is C27H33N5O3. The van der Waals surface area contributed by atoms with Gasteiger partial charge in [0.05, 0.1) is 38.3 Å². The van der Waals surface area contributed by atoms with Gasteiger partial charge in [-0.1, -0.05) is 13.0 Å². The largest absolute Gasteiger partial charge is 0.495 e. The molecular weight excluding hydrogens is 442 g/mol. The van der Waals surface area contributed by atoms with E-state index in [2.05, 4.69) is 45.3 Å². The monoisotopic (exact) mass is 475 g/mol. The van der Waals surface area contributed by atoms with Gasteiger partial charge in [0.2, 0.25) is 5.95 Å². The molecule has 1 aromatic carbocycles. The molecule has 0 bridgehead atoms. The van der Waals surface area contributed by atoms with E-state index in [-0.39, 0.29) is 12.0 Å². The van der Waals surface area contributed by atoms with Crippen LogP contribution in [0.1, 0.15) is 30.2 Å². The molecule has 3 heterocycles. The van der Waals surface area contributed by atoms with Crippen molar-refractivity contribution in [3.63, 3.8) is 0 Å². The summed E-state index contributed by atoms with van der Waals surface area (Å²) in [6.45, 7) is 6.82. The van der Waals surface area contributed by atoms with Crippen LogP contribution in [0.5, 0.6) is 5.75 Å². The lowest BCUT2D eigenvalue weighted by molar-refractivity contribution is 0.0384. The van der Waals surface area contributed by atoms with E-state index in [1.165, 1.54) is 5.56 Å². The number of aromatic nitrogens is 3. The molecule has 8 heteroatoms. The van der Waals surface area contributed by atoms with Crippen LogP contribution < -0.4 is 10.1 Å². The zero-order valence-corrected chi connectivity index (χ0v) is 20.5. The number of fused-ring (bicyclic) bond motifs is 1. The number of rotatable bonds is 8. The van der Waals surface area contributed by atoms with Gasteiger partial charge in [0.25, 0.3) is 0 Å². The minimum absolute atomic E-state index is 0.115. The number of morpholine rings is 1. The summed E-state index contributed by atoms with van der Waals surface area (Å²) >= 11 is 0. The van der Waals surface area contributed by atoms with Crippen molar-refractivity contribution in [1.82, 2.24) is 19.9 Å². The maximum atomic E-state index is 9.93. The molecule has 184 valence electrons. The summed E-state index contributed by atoms with van der Waals surface area (Å²) in [6, 6.07) is 10.2. The fourth-order valence-electron chi connectivity index (χ4n) is 4.85. The molecule has 0 radical (unpaired) electrons. The van der Waals surface area contributed by atoms with Gasteiger partial charge in [0, 0.05) is 48.7 Å². The second-order valence-electron chi connectivity index (χ2n) is 9.57. The van der Waals surface area contributed by atoms with Crippen LogP contribution in [-0.4, -0.2) is 71.5 Å².